The van der Waals surface area contributed by atoms with Crippen LogP contribution in [0, 0.1) is 11.6 Å². The highest BCUT2D eigenvalue weighted by atomic mass is 79.9. The number of hydrogen-bond acceptors (Lipinski definition) is 1. The average molecular weight is 311 g/mol. The van der Waals surface area contributed by atoms with Gasteiger partial charge in [-0.05, 0) is 51.8 Å². The molecule has 0 unspecified atom stereocenters. The highest BCUT2D eigenvalue weighted by Gasteiger charge is 2.09. The predicted octanol–water partition coefficient (Wildman–Crippen LogP) is 4.15. The SMILES string of the molecule is O=C(Cc1cccc(F)c1)c1ccc(F)c(Br)c1. The molecule has 0 spiro atoms. The van der Waals surface area contributed by atoms with Crippen molar-refractivity contribution in [2.75, 3.05) is 0 Å². The Labute approximate surface area is 112 Å². The number of carbonyl (C=O) groups is 1. The van der Waals surface area contributed by atoms with Gasteiger partial charge in [0.2, 0.25) is 0 Å². The lowest BCUT2D eigenvalue weighted by molar-refractivity contribution is 0.0993. The Bertz CT molecular complexity index is 596. The van der Waals surface area contributed by atoms with Crippen LogP contribution in [0.5, 0.6) is 0 Å². The van der Waals surface area contributed by atoms with Gasteiger partial charge in [0.15, 0.2) is 5.78 Å². The van der Waals surface area contributed by atoms with Crippen LogP contribution in [0.2, 0.25) is 0 Å². The molecule has 0 aromatic heterocycles. The number of rotatable bonds is 3. The summed E-state index contributed by atoms with van der Waals surface area (Å²) in [6.07, 6.45) is 0.0931. The fourth-order valence-electron chi connectivity index (χ4n) is 1.60. The summed E-state index contributed by atoms with van der Waals surface area (Å²) < 4.78 is 26.2. The molecule has 0 saturated carbocycles. The molecule has 2 aromatic carbocycles. The molecular weight excluding hydrogens is 302 g/mol. The van der Waals surface area contributed by atoms with Crippen LogP contribution in [-0.4, -0.2) is 5.78 Å². The van der Waals surface area contributed by atoms with Crippen molar-refractivity contribution in [1.82, 2.24) is 0 Å². The molecule has 0 radical (unpaired) electrons. The first-order valence-electron chi connectivity index (χ1n) is 5.29. The second kappa shape index (κ2) is 5.40. The van der Waals surface area contributed by atoms with E-state index in [4.69, 9.17) is 0 Å². The molecule has 0 aliphatic heterocycles. The van der Waals surface area contributed by atoms with E-state index in [2.05, 4.69) is 15.9 Å². The quantitative estimate of drug-likeness (QED) is 0.778. The zero-order chi connectivity index (χ0) is 13.1. The van der Waals surface area contributed by atoms with Gasteiger partial charge in [0.25, 0.3) is 0 Å². The molecule has 18 heavy (non-hydrogen) atoms. The second-order valence-corrected chi connectivity index (χ2v) is 4.71. The molecule has 0 aliphatic carbocycles. The van der Waals surface area contributed by atoms with Gasteiger partial charge >= 0.3 is 0 Å². The van der Waals surface area contributed by atoms with Crippen LogP contribution in [0.3, 0.4) is 0 Å². The third-order valence-corrected chi connectivity index (χ3v) is 3.10. The third kappa shape index (κ3) is 3.01. The van der Waals surface area contributed by atoms with Gasteiger partial charge in [-0.1, -0.05) is 12.1 Å². The standard InChI is InChI=1S/C14H9BrF2O/c15-12-8-10(4-5-13(12)17)14(18)7-9-2-1-3-11(16)6-9/h1-6,8H,7H2. The van der Waals surface area contributed by atoms with Crippen LogP contribution in [0.25, 0.3) is 0 Å². The maximum absolute atomic E-state index is 13.0. The Kier molecular flexibility index (Phi) is 3.87. The molecule has 4 heteroatoms. The van der Waals surface area contributed by atoms with Gasteiger partial charge in [-0.2, -0.15) is 0 Å². The smallest absolute Gasteiger partial charge is 0.167 e. The van der Waals surface area contributed by atoms with Crippen molar-refractivity contribution < 1.29 is 13.6 Å². The van der Waals surface area contributed by atoms with Crippen LogP contribution in [0.15, 0.2) is 46.9 Å². The molecule has 0 fully saturated rings. The maximum Gasteiger partial charge on any atom is 0.167 e. The normalized spacial score (nSPS) is 10.4. The van der Waals surface area contributed by atoms with Crippen LogP contribution < -0.4 is 0 Å². The Morgan fingerprint density at radius 2 is 1.89 bits per heavy atom. The average Bonchev–Trinajstić information content (AvgIpc) is 2.32. The molecule has 2 rings (SSSR count). The summed E-state index contributed by atoms with van der Waals surface area (Å²) in [5, 5.41) is 0. The molecular formula is C14H9BrF2O. The van der Waals surface area contributed by atoms with E-state index >= 15 is 0 Å². The lowest BCUT2D eigenvalue weighted by atomic mass is 10.0. The molecule has 0 atom stereocenters. The Balaban J connectivity index is 2.19. The number of benzene rings is 2. The van der Waals surface area contributed by atoms with Gasteiger partial charge < -0.3 is 0 Å². The minimum absolute atomic E-state index is 0.0931. The van der Waals surface area contributed by atoms with E-state index in [1.165, 1.54) is 30.3 Å². The molecule has 0 bridgehead atoms. The van der Waals surface area contributed by atoms with Crippen LogP contribution in [0.4, 0.5) is 8.78 Å². The van der Waals surface area contributed by atoms with Gasteiger partial charge in [-0.15, -0.1) is 0 Å². The first kappa shape index (κ1) is 12.9. The number of carbonyl (C=O) groups excluding carboxylic acids is 1. The van der Waals surface area contributed by atoms with Crippen LogP contribution in [-0.2, 0) is 6.42 Å². The fraction of sp³-hybridized carbons (Fsp3) is 0.0714. The Morgan fingerprint density at radius 3 is 2.56 bits per heavy atom. The summed E-state index contributed by atoms with van der Waals surface area (Å²) in [7, 11) is 0. The minimum Gasteiger partial charge on any atom is -0.294 e. The highest BCUT2D eigenvalue weighted by molar-refractivity contribution is 9.10. The van der Waals surface area contributed by atoms with Crippen LogP contribution in [0.1, 0.15) is 15.9 Å². The van der Waals surface area contributed by atoms with E-state index < -0.39 is 5.82 Å². The van der Waals surface area contributed by atoms with Crippen molar-refractivity contribution in [3.05, 3.63) is 69.7 Å². The molecule has 0 amide bonds. The van der Waals surface area contributed by atoms with E-state index in [0.29, 0.717) is 11.1 Å². The molecule has 0 aliphatic rings. The summed E-state index contributed by atoms with van der Waals surface area (Å²) in [5.41, 5.74) is 0.994. The molecule has 0 heterocycles. The van der Waals surface area contributed by atoms with E-state index in [1.54, 1.807) is 12.1 Å². The minimum atomic E-state index is -0.419. The largest absolute Gasteiger partial charge is 0.294 e. The third-order valence-electron chi connectivity index (χ3n) is 2.50. The number of ketones is 1. The van der Waals surface area contributed by atoms with Gasteiger partial charge in [0, 0.05) is 12.0 Å². The second-order valence-electron chi connectivity index (χ2n) is 3.86. The number of hydrogen-bond donors (Lipinski definition) is 0. The maximum atomic E-state index is 13.0. The van der Waals surface area contributed by atoms with Gasteiger partial charge in [0.05, 0.1) is 4.47 Å². The monoisotopic (exact) mass is 310 g/mol. The van der Waals surface area contributed by atoms with Crippen molar-refractivity contribution >= 4 is 21.7 Å². The van der Waals surface area contributed by atoms with Crippen molar-refractivity contribution in [2.24, 2.45) is 0 Å². The van der Waals surface area contributed by atoms with Crippen LogP contribution >= 0.6 is 15.9 Å². The topological polar surface area (TPSA) is 17.1 Å². The van der Waals surface area contributed by atoms with E-state index in [-0.39, 0.29) is 22.5 Å². The van der Waals surface area contributed by atoms with E-state index in [9.17, 15) is 13.6 Å². The number of halogens is 3. The molecule has 1 nitrogen and oxygen atoms in total. The fourth-order valence-corrected chi connectivity index (χ4v) is 1.98. The number of Topliss-reactive ketones (excluding diaryl/α,β-unsaturated/α-hetero) is 1. The summed E-state index contributed by atoms with van der Waals surface area (Å²) >= 11 is 3.02. The molecule has 2 aromatic rings. The Morgan fingerprint density at radius 1 is 1.11 bits per heavy atom. The highest BCUT2D eigenvalue weighted by Crippen LogP contribution is 2.18. The first-order valence-corrected chi connectivity index (χ1v) is 6.08. The van der Waals surface area contributed by atoms with E-state index in [1.807, 2.05) is 0 Å². The molecule has 0 N–H and O–H groups in total. The van der Waals surface area contributed by atoms with Crippen molar-refractivity contribution in [3.63, 3.8) is 0 Å². The predicted molar refractivity (Wildman–Crippen MR) is 68.5 cm³/mol. The van der Waals surface area contributed by atoms with Crippen molar-refractivity contribution in [2.45, 2.75) is 6.42 Å². The first-order chi connectivity index (χ1) is 8.56. The Hall–Kier alpha value is -1.55. The molecule has 0 saturated heterocycles. The zero-order valence-electron chi connectivity index (χ0n) is 9.29. The lowest BCUT2D eigenvalue weighted by Crippen LogP contribution is -2.04. The summed E-state index contributed by atoms with van der Waals surface area (Å²) in [4.78, 5) is 11.9. The van der Waals surface area contributed by atoms with Gasteiger partial charge in [-0.25, -0.2) is 8.78 Å². The van der Waals surface area contributed by atoms with Crippen molar-refractivity contribution in [3.8, 4) is 0 Å². The summed E-state index contributed by atoms with van der Waals surface area (Å²) in [5.74, 6) is -0.973. The van der Waals surface area contributed by atoms with Gasteiger partial charge in [0.1, 0.15) is 11.6 Å². The molecule has 92 valence electrons. The summed E-state index contributed by atoms with van der Waals surface area (Å²) in [6.45, 7) is 0. The van der Waals surface area contributed by atoms with Crippen molar-refractivity contribution in [1.29, 1.82) is 0 Å². The van der Waals surface area contributed by atoms with E-state index in [0.717, 1.165) is 0 Å². The lowest BCUT2D eigenvalue weighted by Gasteiger charge is -2.03. The summed E-state index contributed by atoms with van der Waals surface area (Å²) in [6, 6.07) is 9.94. The zero-order valence-corrected chi connectivity index (χ0v) is 10.9. The van der Waals surface area contributed by atoms with Gasteiger partial charge in [-0.3, -0.25) is 4.79 Å².